The van der Waals surface area contributed by atoms with Crippen LogP contribution >= 0.6 is 0 Å². The Kier molecular flexibility index (Phi) is 4.27. The molecule has 102 valence electrons. The minimum atomic E-state index is -0.0917. The largest absolute Gasteiger partial charge is 0.313 e. The van der Waals surface area contributed by atoms with Crippen LogP contribution in [0, 0.1) is 0 Å². The van der Waals surface area contributed by atoms with Crippen LogP contribution in [0.1, 0.15) is 31.7 Å². The van der Waals surface area contributed by atoms with E-state index in [2.05, 4.69) is 59.0 Å². The molecule has 1 heterocycles. The van der Waals surface area contributed by atoms with Gasteiger partial charge in [-0.1, -0.05) is 30.3 Å². The normalized spacial score (nSPS) is 11.7. The number of hydrogen-bond donors (Lipinski definition) is 1. The first kappa shape index (κ1) is 13.7. The molecule has 2 aromatic rings. The fourth-order valence-corrected chi connectivity index (χ4v) is 2.15. The molecule has 0 aliphatic carbocycles. The van der Waals surface area contributed by atoms with E-state index in [1.807, 2.05) is 17.8 Å². The molecule has 2 rings (SSSR count). The van der Waals surface area contributed by atoms with Gasteiger partial charge in [0.1, 0.15) is 0 Å². The van der Waals surface area contributed by atoms with Gasteiger partial charge in [0, 0.05) is 0 Å². The zero-order valence-electron chi connectivity index (χ0n) is 11.8. The van der Waals surface area contributed by atoms with Crippen LogP contribution in [-0.4, -0.2) is 27.3 Å². The summed E-state index contributed by atoms with van der Waals surface area (Å²) in [5.74, 6) is 0.876. The van der Waals surface area contributed by atoms with Crippen molar-refractivity contribution >= 4 is 0 Å². The van der Waals surface area contributed by atoms with E-state index in [0.717, 1.165) is 18.7 Å². The van der Waals surface area contributed by atoms with Crippen LogP contribution in [-0.2, 0) is 18.5 Å². The van der Waals surface area contributed by atoms with E-state index in [1.54, 1.807) is 0 Å². The Balaban J connectivity index is 2.07. The summed E-state index contributed by atoms with van der Waals surface area (Å²) in [6, 6.07) is 10.5. The maximum atomic E-state index is 4.13. The monoisotopic (exact) mass is 259 g/mol. The van der Waals surface area contributed by atoms with Gasteiger partial charge in [0.05, 0.1) is 12.1 Å². The van der Waals surface area contributed by atoms with Crippen molar-refractivity contribution in [2.24, 2.45) is 0 Å². The second-order valence-electron chi connectivity index (χ2n) is 5.34. The number of benzene rings is 1. The van der Waals surface area contributed by atoms with E-state index in [1.165, 1.54) is 5.56 Å². The predicted octanol–water partition coefficient (Wildman–Crippen LogP) is 1.76. The van der Waals surface area contributed by atoms with Gasteiger partial charge in [-0.3, -0.25) is 0 Å². The highest BCUT2D eigenvalue weighted by Crippen LogP contribution is 2.22. The molecule has 0 saturated heterocycles. The van der Waals surface area contributed by atoms with Gasteiger partial charge in [0.15, 0.2) is 5.82 Å². The average molecular weight is 259 g/mol. The first-order chi connectivity index (χ1) is 9.13. The average Bonchev–Trinajstić information content (AvgIpc) is 2.87. The van der Waals surface area contributed by atoms with Crippen LogP contribution < -0.4 is 5.32 Å². The molecular formula is C14H21N5. The molecule has 0 aliphatic rings. The smallest absolute Gasteiger partial charge is 0.165 e. The maximum Gasteiger partial charge on any atom is 0.165 e. The number of hydrogen-bond acceptors (Lipinski definition) is 4. The van der Waals surface area contributed by atoms with Crippen molar-refractivity contribution in [3.63, 3.8) is 0 Å². The van der Waals surface area contributed by atoms with Gasteiger partial charge in [-0.2, -0.15) is 0 Å². The molecule has 0 amide bonds. The summed E-state index contributed by atoms with van der Waals surface area (Å²) in [6.45, 7) is 5.03. The molecule has 0 fully saturated rings. The Bertz CT molecular complexity index is 504. The van der Waals surface area contributed by atoms with Crippen LogP contribution in [0.2, 0.25) is 0 Å². The van der Waals surface area contributed by atoms with Crippen molar-refractivity contribution in [2.75, 3.05) is 7.05 Å². The summed E-state index contributed by atoms with van der Waals surface area (Å²) in [5.41, 5.74) is 1.25. The van der Waals surface area contributed by atoms with Crippen molar-refractivity contribution in [3.05, 3.63) is 41.7 Å². The molecule has 1 aromatic carbocycles. The first-order valence-corrected chi connectivity index (χ1v) is 6.60. The standard InChI is InChI=1S/C14H21N5/c1-14(2,10-9-12-7-5-4-6-8-12)19-13(11-15-3)16-17-18-19/h4-8,15H,9-11H2,1-3H3. The molecule has 1 aromatic heterocycles. The summed E-state index contributed by atoms with van der Waals surface area (Å²) in [7, 11) is 1.90. The highest BCUT2D eigenvalue weighted by Gasteiger charge is 2.24. The summed E-state index contributed by atoms with van der Waals surface area (Å²) in [4.78, 5) is 0. The van der Waals surface area contributed by atoms with Gasteiger partial charge in [-0.15, -0.1) is 5.10 Å². The Labute approximate surface area is 114 Å². The van der Waals surface area contributed by atoms with Crippen LogP contribution in [0.5, 0.6) is 0 Å². The molecule has 0 spiro atoms. The molecule has 5 nitrogen and oxygen atoms in total. The summed E-state index contributed by atoms with van der Waals surface area (Å²) < 4.78 is 1.92. The Morgan fingerprint density at radius 2 is 1.95 bits per heavy atom. The zero-order valence-corrected chi connectivity index (χ0v) is 11.8. The van der Waals surface area contributed by atoms with E-state index in [4.69, 9.17) is 0 Å². The van der Waals surface area contributed by atoms with Crippen molar-refractivity contribution in [2.45, 2.75) is 38.8 Å². The third kappa shape index (κ3) is 3.38. The molecule has 0 saturated carbocycles. The van der Waals surface area contributed by atoms with E-state index in [-0.39, 0.29) is 5.54 Å². The maximum absolute atomic E-state index is 4.13. The van der Waals surface area contributed by atoms with Crippen molar-refractivity contribution in [1.29, 1.82) is 0 Å². The van der Waals surface area contributed by atoms with Crippen LogP contribution in [0.4, 0.5) is 0 Å². The molecule has 0 bridgehead atoms. The molecule has 5 heteroatoms. The Morgan fingerprint density at radius 3 is 2.63 bits per heavy atom. The summed E-state index contributed by atoms with van der Waals surface area (Å²) in [5, 5.41) is 15.1. The second-order valence-corrected chi connectivity index (χ2v) is 5.34. The highest BCUT2D eigenvalue weighted by molar-refractivity contribution is 5.15. The highest BCUT2D eigenvalue weighted by atomic mass is 15.6. The predicted molar refractivity (Wildman–Crippen MR) is 74.7 cm³/mol. The molecular weight excluding hydrogens is 238 g/mol. The summed E-state index contributed by atoms with van der Waals surface area (Å²) >= 11 is 0. The lowest BCUT2D eigenvalue weighted by molar-refractivity contribution is 0.279. The summed E-state index contributed by atoms with van der Waals surface area (Å²) in [6.07, 6.45) is 2.02. The van der Waals surface area contributed by atoms with Gasteiger partial charge in [-0.25, -0.2) is 4.68 Å². The van der Waals surface area contributed by atoms with Crippen molar-refractivity contribution < 1.29 is 0 Å². The van der Waals surface area contributed by atoms with Gasteiger partial charge in [0.2, 0.25) is 0 Å². The minimum absolute atomic E-state index is 0.0917. The van der Waals surface area contributed by atoms with E-state index in [0.29, 0.717) is 6.54 Å². The van der Waals surface area contributed by atoms with Gasteiger partial charge >= 0.3 is 0 Å². The number of tetrazole rings is 1. The molecule has 0 radical (unpaired) electrons. The number of aromatic nitrogens is 4. The van der Waals surface area contributed by atoms with Crippen molar-refractivity contribution in [3.8, 4) is 0 Å². The first-order valence-electron chi connectivity index (χ1n) is 6.60. The lowest BCUT2D eigenvalue weighted by Crippen LogP contribution is -2.31. The van der Waals surface area contributed by atoms with Crippen LogP contribution in [0.15, 0.2) is 30.3 Å². The SMILES string of the molecule is CNCc1nnnn1C(C)(C)CCc1ccccc1. The Morgan fingerprint density at radius 1 is 1.21 bits per heavy atom. The lowest BCUT2D eigenvalue weighted by Gasteiger charge is -2.25. The zero-order chi connectivity index (χ0) is 13.7. The number of rotatable bonds is 6. The topological polar surface area (TPSA) is 55.6 Å². The lowest BCUT2D eigenvalue weighted by atomic mass is 9.95. The fraction of sp³-hybridized carbons (Fsp3) is 0.500. The van der Waals surface area contributed by atoms with Crippen LogP contribution in [0.25, 0.3) is 0 Å². The van der Waals surface area contributed by atoms with Gasteiger partial charge in [-0.05, 0) is 49.7 Å². The molecule has 0 atom stereocenters. The number of aryl methyl sites for hydroxylation is 1. The quantitative estimate of drug-likeness (QED) is 0.859. The van der Waals surface area contributed by atoms with Crippen molar-refractivity contribution in [1.82, 2.24) is 25.5 Å². The minimum Gasteiger partial charge on any atom is -0.313 e. The van der Waals surface area contributed by atoms with E-state index < -0.39 is 0 Å². The third-order valence-corrected chi connectivity index (χ3v) is 3.31. The molecule has 1 N–H and O–H groups in total. The third-order valence-electron chi connectivity index (χ3n) is 3.31. The van der Waals surface area contributed by atoms with Crippen LogP contribution in [0.3, 0.4) is 0 Å². The Hall–Kier alpha value is -1.75. The second kappa shape index (κ2) is 5.93. The molecule has 0 aliphatic heterocycles. The van der Waals surface area contributed by atoms with E-state index >= 15 is 0 Å². The molecule has 19 heavy (non-hydrogen) atoms. The van der Waals surface area contributed by atoms with E-state index in [9.17, 15) is 0 Å². The fourth-order valence-electron chi connectivity index (χ4n) is 2.15. The number of nitrogens with one attached hydrogen (secondary N) is 1. The van der Waals surface area contributed by atoms with Gasteiger partial charge < -0.3 is 5.32 Å². The van der Waals surface area contributed by atoms with Gasteiger partial charge in [0.25, 0.3) is 0 Å². The molecule has 0 unspecified atom stereocenters. The number of nitrogens with zero attached hydrogens (tertiary/aromatic N) is 4.